The third-order valence-electron chi connectivity index (χ3n) is 6.35. The number of rotatable bonds is 9. The van der Waals surface area contributed by atoms with Gasteiger partial charge in [0.25, 0.3) is 5.92 Å². The Kier molecular flexibility index (Phi) is 7.23. The molecule has 8 heteroatoms. The number of hydrogen-bond donors (Lipinski definition) is 1. The van der Waals surface area contributed by atoms with E-state index < -0.39 is 24.2 Å². The molecule has 0 radical (unpaired) electrons. The highest BCUT2D eigenvalue weighted by molar-refractivity contribution is 5.73. The molecule has 3 heterocycles. The predicted molar refractivity (Wildman–Crippen MR) is 137 cm³/mol. The van der Waals surface area contributed by atoms with Crippen LogP contribution in [0.1, 0.15) is 59.6 Å². The van der Waals surface area contributed by atoms with Crippen molar-refractivity contribution < 1.29 is 23.0 Å². The van der Waals surface area contributed by atoms with Crippen molar-refractivity contribution in [2.75, 3.05) is 0 Å². The van der Waals surface area contributed by atoms with Crippen LogP contribution in [0.2, 0.25) is 0 Å². The number of nitrogens with zero attached hydrogens (tertiary/aromatic N) is 3. The second-order valence-corrected chi connectivity index (χ2v) is 9.06. The van der Waals surface area contributed by atoms with Gasteiger partial charge in [-0.05, 0) is 42.8 Å². The first-order valence-electron chi connectivity index (χ1n) is 11.7. The summed E-state index contributed by atoms with van der Waals surface area (Å²) in [7, 11) is 0. The molecule has 37 heavy (non-hydrogen) atoms. The number of aliphatic hydroxyl groups excluding tert-OH is 1. The van der Waals surface area contributed by atoms with Crippen molar-refractivity contribution in [3.05, 3.63) is 120 Å². The van der Waals surface area contributed by atoms with E-state index >= 15 is 0 Å². The van der Waals surface area contributed by atoms with Crippen LogP contribution in [-0.2, 0) is 17.2 Å². The largest absolute Gasteiger partial charge is 0.459 e. The number of pyridine rings is 2. The van der Waals surface area contributed by atoms with Gasteiger partial charge in [-0.25, -0.2) is 13.2 Å². The number of benzene rings is 1. The van der Waals surface area contributed by atoms with Gasteiger partial charge in [-0.2, -0.15) is 0 Å². The minimum Gasteiger partial charge on any atom is -0.459 e. The number of allylic oxidation sites excluding steroid dienone is 1. The number of fused-ring (bicyclic) bond motifs is 1. The van der Waals surface area contributed by atoms with Crippen LogP contribution in [0.5, 0.6) is 0 Å². The molecular weight excluding hydrogens is 479 g/mol. The van der Waals surface area contributed by atoms with Crippen LogP contribution >= 0.6 is 0 Å². The summed E-state index contributed by atoms with van der Waals surface area (Å²) < 4.78 is 46.3. The Morgan fingerprint density at radius 3 is 2.46 bits per heavy atom. The lowest BCUT2D eigenvalue weighted by atomic mass is 10.00. The van der Waals surface area contributed by atoms with E-state index in [2.05, 4.69) is 29.7 Å². The average Bonchev–Trinajstić information content (AvgIpc) is 3.19. The summed E-state index contributed by atoms with van der Waals surface area (Å²) in [5, 5.41) is 11.4. The first-order valence-corrected chi connectivity index (χ1v) is 11.7. The second-order valence-electron chi connectivity index (χ2n) is 9.06. The predicted octanol–water partition coefficient (Wildman–Crippen LogP) is 6.71. The van der Waals surface area contributed by atoms with Gasteiger partial charge in [0.1, 0.15) is 23.7 Å². The summed E-state index contributed by atoms with van der Waals surface area (Å²) in [6.07, 6.45) is 0.162. The summed E-state index contributed by atoms with van der Waals surface area (Å²) in [6, 6.07) is 12.9. The molecule has 2 aromatic heterocycles. The van der Waals surface area contributed by atoms with Crippen LogP contribution in [0.4, 0.5) is 13.2 Å². The molecule has 4 rings (SSSR count). The molecule has 0 saturated heterocycles. The van der Waals surface area contributed by atoms with Crippen molar-refractivity contribution in [3.63, 3.8) is 0 Å². The van der Waals surface area contributed by atoms with Crippen molar-refractivity contribution in [1.29, 1.82) is 0 Å². The molecular formula is C29H28F3N3O2. The first kappa shape index (κ1) is 26.2. The van der Waals surface area contributed by atoms with Gasteiger partial charge in [0.15, 0.2) is 6.17 Å². The van der Waals surface area contributed by atoms with Gasteiger partial charge in [0.05, 0.1) is 11.4 Å². The van der Waals surface area contributed by atoms with Crippen LogP contribution in [-0.4, -0.2) is 26.1 Å². The van der Waals surface area contributed by atoms with Crippen LogP contribution < -0.4 is 0 Å². The maximum absolute atomic E-state index is 13.7. The van der Waals surface area contributed by atoms with Crippen molar-refractivity contribution in [1.82, 2.24) is 14.9 Å². The quantitative estimate of drug-likeness (QED) is 0.326. The normalized spacial score (nSPS) is 15.6. The molecule has 0 amide bonds. The number of halogens is 3. The van der Waals surface area contributed by atoms with E-state index in [-0.39, 0.29) is 22.8 Å². The minimum absolute atomic E-state index is 0.0383. The first-order chi connectivity index (χ1) is 17.5. The van der Waals surface area contributed by atoms with Gasteiger partial charge in [-0.1, -0.05) is 37.9 Å². The van der Waals surface area contributed by atoms with Gasteiger partial charge >= 0.3 is 0 Å². The Hall–Kier alpha value is -3.91. The Morgan fingerprint density at radius 1 is 1.11 bits per heavy atom. The maximum Gasteiger partial charge on any atom is 0.272 e. The fourth-order valence-corrected chi connectivity index (χ4v) is 4.20. The Labute approximate surface area is 214 Å². The molecule has 1 aliphatic rings. The Bertz CT molecular complexity index is 1320. The lowest BCUT2D eigenvalue weighted by Gasteiger charge is -2.33. The lowest BCUT2D eigenvalue weighted by Crippen LogP contribution is -2.29. The number of aromatic nitrogens is 2. The monoisotopic (exact) mass is 507 g/mol. The van der Waals surface area contributed by atoms with E-state index in [4.69, 9.17) is 4.74 Å². The SMILES string of the molecule is C=C(OC(=C)C(C)F)c1ccc2c(c1)C(=C)N([C@H](c1ccccn1)C(O)c1ccc(C(C)(F)F)cn1)C2. The number of hydrogen-bond acceptors (Lipinski definition) is 5. The molecule has 1 N–H and O–H groups in total. The molecule has 0 bridgehead atoms. The summed E-state index contributed by atoms with van der Waals surface area (Å²) in [5.41, 5.74) is 3.57. The smallest absolute Gasteiger partial charge is 0.272 e. The van der Waals surface area contributed by atoms with Crippen LogP contribution in [0.15, 0.2) is 86.4 Å². The molecule has 192 valence electrons. The zero-order valence-electron chi connectivity index (χ0n) is 20.7. The van der Waals surface area contributed by atoms with Gasteiger partial charge in [-0.3, -0.25) is 9.97 Å². The highest BCUT2D eigenvalue weighted by atomic mass is 19.3. The Balaban J connectivity index is 1.66. The summed E-state index contributed by atoms with van der Waals surface area (Å²) in [5.74, 6) is -2.83. The van der Waals surface area contributed by atoms with E-state index in [1.54, 1.807) is 24.4 Å². The molecule has 0 saturated carbocycles. The lowest BCUT2D eigenvalue weighted by molar-refractivity contribution is 0.0168. The summed E-state index contributed by atoms with van der Waals surface area (Å²) in [6.45, 7) is 14.3. The van der Waals surface area contributed by atoms with Gasteiger partial charge in [0.2, 0.25) is 0 Å². The molecule has 1 aromatic carbocycles. The molecule has 3 atom stereocenters. The fraction of sp³-hybridized carbons (Fsp3) is 0.241. The zero-order chi connectivity index (χ0) is 26.9. The van der Waals surface area contributed by atoms with E-state index in [1.165, 1.54) is 19.1 Å². The van der Waals surface area contributed by atoms with Crippen molar-refractivity contribution in [3.8, 4) is 0 Å². The molecule has 0 aliphatic carbocycles. The van der Waals surface area contributed by atoms with Crippen molar-refractivity contribution >= 4 is 11.5 Å². The topological polar surface area (TPSA) is 58.5 Å². The third kappa shape index (κ3) is 5.44. The van der Waals surface area contributed by atoms with Crippen molar-refractivity contribution in [2.45, 2.75) is 44.6 Å². The third-order valence-corrected chi connectivity index (χ3v) is 6.35. The van der Waals surface area contributed by atoms with E-state index in [9.17, 15) is 18.3 Å². The number of alkyl halides is 3. The number of ether oxygens (including phenoxy) is 1. The molecule has 0 fully saturated rings. The van der Waals surface area contributed by atoms with Crippen molar-refractivity contribution in [2.24, 2.45) is 0 Å². The standard InChI is InChI=1S/C29H28F3N3O2/c1-17(30)19(3)37-20(4)21-9-10-22-16-35(18(2)24(22)14-21)27(25-8-6-7-13-33-25)28(36)26-12-11-23(15-34-26)29(5,31)32/h6-15,17,27-28,36H,2-4,16H2,1,5H3/t17?,27-,28?/m1/s1. The summed E-state index contributed by atoms with van der Waals surface area (Å²) in [4.78, 5) is 10.5. The van der Waals surface area contributed by atoms with Gasteiger partial charge in [0, 0.05) is 48.2 Å². The average molecular weight is 508 g/mol. The van der Waals surface area contributed by atoms with Gasteiger partial charge in [-0.15, -0.1) is 0 Å². The molecule has 1 aliphatic heterocycles. The van der Waals surface area contributed by atoms with E-state index in [1.807, 2.05) is 23.1 Å². The molecule has 0 spiro atoms. The number of aliphatic hydroxyl groups is 1. The van der Waals surface area contributed by atoms with E-state index in [0.29, 0.717) is 23.5 Å². The highest BCUT2D eigenvalue weighted by Gasteiger charge is 2.36. The second kappa shape index (κ2) is 10.2. The summed E-state index contributed by atoms with van der Waals surface area (Å²) >= 11 is 0. The van der Waals surface area contributed by atoms with Gasteiger partial charge < -0.3 is 14.7 Å². The van der Waals surface area contributed by atoms with Crippen LogP contribution in [0.25, 0.3) is 11.5 Å². The van der Waals surface area contributed by atoms with E-state index in [0.717, 1.165) is 24.2 Å². The molecule has 5 nitrogen and oxygen atoms in total. The van der Waals surface area contributed by atoms with Crippen LogP contribution in [0.3, 0.4) is 0 Å². The van der Waals surface area contributed by atoms with Crippen LogP contribution in [0, 0.1) is 0 Å². The molecule has 3 aromatic rings. The maximum atomic E-state index is 13.7. The zero-order valence-corrected chi connectivity index (χ0v) is 20.7. The highest BCUT2D eigenvalue weighted by Crippen LogP contribution is 2.44. The fourth-order valence-electron chi connectivity index (χ4n) is 4.20. The minimum atomic E-state index is -3.04. The molecule has 2 unspecified atom stereocenters. The Morgan fingerprint density at radius 2 is 1.86 bits per heavy atom.